The summed E-state index contributed by atoms with van der Waals surface area (Å²) in [6.45, 7) is 5.01. The lowest BCUT2D eigenvalue weighted by molar-refractivity contribution is -0.122. The fourth-order valence-corrected chi connectivity index (χ4v) is 1.96. The molecule has 0 spiro atoms. The zero-order chi connectivity index (χ0) is 13.4. The minimum absolute atomic E-state index is 0.0458. The number of aromatic nitrogens is 2. The first-order valence-electron chi connectivity index (χ1n) is 6.59. The molecule has 0 saturated carbocycles. The van der Waals surface area contributed by atoms with Gasteiger partial charge in [0, 0.05) is 31.9 Å². The van der Waals surface area contributed by atoms with Gasteiger partial charge in [-0.05, 0) is 12.0 Å². The lowest BCUT2D eigenvalue weighted by Crippen LogP contribution is -2.36. The van der Waals surface area contributed by atoms with Crippen LogP contribution in [0.1, 0.15) is 33.1 Å². The second kappa shape index (κ2) is 7.87. The van der Waals surface area contributed by atoms with Crippen LogP contribution in [0.4, 0.5) is 0 Å². The maximum absolute atomic E-state index is 11.6. The van der Waals surface area contributed by atoms with Gasteiger partial charge in [0.25, 0.3) is 0 Å². The molecule has 1 aromatic heterocycles. The highest BCUT2D eigenvalue weighted by Crippen LogP contribution is 2.12. The highest BCUT2D eigenvalue weighted by atomic mass is 16.3. The van der Waals surface area contributed by atoms with Gasteiger partial charge in [0.05, 0.1) is 6.10 Å². The van der Waals surface area contributed by atoms with E-state index in [4.69, 9.17) is 0 Å². The standard InChI is InChI=1S/C13H23N3O2/c1-3-11(4-2)12(17)10-14-13(18)6-9-16-8-5-7-15-16/h5,7-8,11-12,17H,3-4,6,9-10H2,1-2H3,(H,14,18). The van der Waals surface area contributed by atoms with E-state index < -0.39 is 6.10 Å². The van der Waals surface area contributed by atoms with Gasteiger partial charge in [0.1, 0.15) is 0 Å². The van der Waals surface area contributed by atoms with Crippen LogP contribution in [-0.2, 0) is 11.3 Å². The van der Waals surface area contributed by atoms with Crippen LogP contribution in [0.15, 0.2) is 18.5 Å². The Kier molecular flexibility index (Phi) is 6.43. The summed E-state index contributed by atoms with van der Waals surface area (Å²) in [5.74, 6) is 0.215. The number of nitrogens with one attached hydrogen (secondary N) is 1. The minimum atomic E-state index is -0.450. The molecule has 1 heterocycles. The van der Waals surface area contributed by atoms with Crippen LogP contribution in [0.5, 0.6) is 0 Å². The Labute approximate surface area is 108 Å². The molecule has 1 atom stereocenters. The van der Waals surface area contributed by atoms with E-state index in [2.05, 4.69) is 24.3 Å². The summed E-state index contributed by atoms with van der Waals surface area (Å²) in [7, 11) is 0. The fourth-order valence-electron chi connectivity index (χ4n) is 1.96. The molecule has 0 fully saturated rings. The minimum Gasteiger partial charge on any atom is -0.391 e. The van der Waals surface area contributed by atoms with E-state index in [1.165, 1.54) is 0 Å². The van der Waals surface area contributed by atoms with Crippen molar-refractivity contribution in [1.82, 2.24) is 15.1 Å². The van der Waals surface area contributed by atoms with Crippen LogP contribution >= 0.6 is 0 Å². The number of carbonyl (C=O) groups excluding carboxylic acids is 1. The molecule has 1 amide bonds. The number of rotatable bonds is 8. The molecular weight excluding hydrogens is 230 g/mol. The predicted molar refractivity (Wildman–Crippen MR) is 69.9 cm³/mol. The quantitative estimate of drug-likeness (QED) is 0.731. The molecule has 2 N–H and O–H groups in total. The zero-order valence-electron chi connectivity index (χ0n) is 11.2. The number of carbonyl (C=O) groups is 1. The topological polar surface area (TPSA) is 67.2 Å². The Hall–Kier alpha value is -1.36. The van der Waals surface area contributed by atoms with Crippen molar-refractivity contribution < 1.29 is 9.90 Å². The maximum Gasteiger partial charge on any atom is 0.221 e. The Morgan fingerprint density at radius 1 is 1.44 bits per heavy atom. The Bertz CT molecular complexity index is 334. The van der Waals surface area contributed by atoms with E-state index in [0.717, 1.165) is 12.8 Å². The molecule has 0 aromatic carbocycles. The maximum atomic E-state index is 11.6. The molecule has 5 nitrogen and oxygen atoms in total. The van der Waals surface area contributed by atoms with Gasteiger partial charge in [-0.3, -0.25) is 9.48 Å². The van der Waals surface area contributed by atoms with Gasteiger partial charge in [0.2, 0.25) is 5.91 Å². The second-order valence-electron chi connectivity index (χ2n) is 4.47. The van der Waals surface area contributed by atoms with Crippen LogP contribution in [0.2, 0.25) is 0 Å². The lowest BCUT2D eigenvalue weighted by atomic mass is 9.96. The van der Waals surface area contributed by atoms with Crippen LogP contribution < -0.4 is 5.32 Å². The summed E-state index contributed by atoms with van der Waals surface area (Å²) in [6.07, 6.45) is 5.31. The zero-order valence-corrected chi connectivity index (χ0v) is 11.2. The monoisotopic (exact) mass is 253 g/mol. The Morgan fingerprint density at radius 2 is 2.17 bits per heavy atom. The van der Waals surface area contributed by atoms with Gasteiger partial charge < -0.3 is 10.4 Å². The van der Waals surface area contributed by atoms with Crippen LogP contribution in [0.3, 0.4) is 0 Å². The number of hydrogen-bond donors (Lipinski definition) is 2. The molecule has 1 rings (SSSR count). The summed E-state index contributed by atoms with van der Waals surface area (Å²) in [6, 6.07) is 1.83. The molecule has 0 bridgehead atoms. The van der Waals surface area contributed by atoms with E-state index >= 15 is 0 Å². The van der Waals surface area contributed by atoms with Crippen molar-refractivity contribution in [3.63, 3.8) is 0 Å². The summed E-state index contributed by atoms with van der Waals surface area (Å²) < 4.78 is 1.72. The predicted octanol–water partition coefficient (Wildman–Crippen LogP) is 1.19. The molecule has 0 aliphatic carbocycles. The summed E-state index contributed by atoms with van der Waals surface area (Å²) >= 11 is 0. The molecule has 1 unspecified atom stereocenters. The number of hydrogen-bond acceptors (Lipinski definition) is 3. The third-order valence-corrected chi connectivity index (χ3v) is 3.23. The van der Waals surface area contributed by atoms with Crippen LogP contribution in [0.25, 0.3) is 0 Å². The van der Waals surface area contributed by atoms with Crippen molar-refractivity contribution >= 4 is 5.91 Å². The van der Waals surface area contributed by atoms with Crippen molar-refractivity contribution in [1.29, 1.82) is 0 Å². The van der Waals surface area contributed by atoms with Gasteiger partial charge in [-0.2, -0.15) is 5.10 Å². The first kappa shape index (κ1) is 14.7. The van der Waals surface area contributed by atoms with E-state index in [0.29, 0.717) is 19.5 Å². The Morgan fingerprint density at radius 3 is 2.72 bits per heavy atom. The molecule has 0 radical (unpaired) electrons. The molecular formula is C13H23N3O2. The third kappa shape index (κ3) is 4.87. The van der Waals surface area contributed by atoms with Crippen molar-refractivity contribution in [2.75, 3.05) is 6.54 Å². The average Bonchev–Trinajstić information content (AvgIpc) is 2.88. The normalized spacial score (nSPS) is 12.7. The molecule has 1 aromatic rings. The number of amides is 1. The first-order chi connectivity index (χ1) is 8.67. The Balaban J connectivity index is 2.20. The molecule has 18 heavy (non-hydrogen) atoms. The number of aryl methyl sites for hydroxylation is 1. The van der Waals surface area contributed by atoms with Crippen molar-refractivity contribution in [2.45, 2.75) is 45.8 Å². The number of aliphatic hydroxyl groups is 1. The molecule has 0 aliphatic heterocycles. The molecule has 0 saturated heterocycles. The van der Waals surface area contributed by atoms with Crippen molar-refractivity contribution in [3.8, 4) is 0 Å². The average molecular weight is 253 g/mol. The summed E-state index contributed by atoms with van der Waals surface area (Å²) in [5, 5.41) is 16.7. The van der Waals surface area contributed by atoms with Crippen molar-refractivity contribution in [2.24, 2.45) is 5.92 Å². The van der Waals surface area contributed by atoms with Gasteiger partial charge >= 0.3 is 0 Å². The summed E-state index contributed by atoms with van der Waals surface area (Å²) in [5.41, 5.74) is 0. The number of aliphatic hydroxyl groups excluding tert-OH is 1. The highest BCUT2D eigenvalue weighted by Gasteiger charge is 2.15. The lowest BCUT2D eigenvalue weighted by Gasteiger charge is -2.20. The van der Waals surface area contributed by atoms with E-state index in [1.54, 1.807) is 10.9 Å². The number of nitrogens with zero attached hydrogens (tertiary/aromatic N) is 2. The molecule has 5 heteroatoms. The van der Waals surface area contributed by atoms with Gasteiger partial charge in [0.15, 0.2) is 0 Å². The SMILES string of the molecule is CCC(CC)C(O)CNC(=O)CCn1cccn1. The van der Waals surface area contributed by atoms with Crippen LogP contribution in [0, 0.1) is 5.92 Å². The largest absolute Gasteiger partial charge is 0.391 e. The van der Waals surface area contributed by atoms with E-state index in [-0.39, 0.29) is 11.8 Å². The summed E-state index contributed by atoms with van der Waals surface area (Å²) in [4.78, 5) is 11.6. The fraction of sp³-hybridized carbons (Fsp3) is 0.692. The van der Waals surface area contributed by atoms with Gasteiger partial charge in [-0.1, -0.05) is 26.7 Å². The third-order valence-electron chi connectivity index (χ3n) is 3.23. The smallest absolute Gasteiger partial charge is 0.221 e. The first-order valence-corrected chi connectivity index (χ1v) is 6.59. The van der Waals surface area contributed by atoms with Crippen molar-refractivity contribution in [3.05, 3.63) is 18.5 Å². The second-order valence-corrected chi connectivity index (χ2v) is 4.47. The highest BCUT2D eigenvalue weighted by molar-refractivity contribution is 5.75. The van der Waals surface area contributed by atoms with Gasteiger partial charge in [-0.25, -0.2) is 0 Å². The van der Waals surface area contributed by atoms with E-state index in [1.807, 2.05) is 12.3 Å². The van der Waals surface area contributed by atoms with Crippen LogP contribution in [-0.4, -0.2) is 33.4 Å². The molecule has 102 valence electrons. The van der Waals surface area contributed by atoms with E-state index in [9.17, 15) is 9.90 Å². The van der Waals surface area contributed by atoms with Gasteiger partial charge in [-0.15, -0.1) is 0 Å². The molecule has 0 aliphatic rings.